The van der Waals surface area contributed by atoms with Gasteiger partial charge in [-0.1, -0.05) is 12.1 Å². The molecule has 2 aromatic rings. The Morgan fingerprint density at radius 1 is 1.26 bits per heavy atom. The van der Waals surface area contributed by atoms with Crippen molar-refractivity contribution in [2.45, 2.75) is 29.4 Å². The van der Waals surface area contributed by atoms with Crippen LogP contribution in [0.5, 0.6) is 0 Å². The Labute approximate surface area is 147 Å². The van der Waals surface area contributed by atoms with Gasteiger partial charge in [0.1, 0.15) is 0 Å². The van der Waals surface area contributed by atoms with Crippen LogP contribution in [-0.2, 0) is 9.84 Å². The van der Waals surface area contributed by atoms with Gasteiger partial charge in [-0.15, -0.1) is 0 Å². The van der Waals surface area contributed by atoms with Gasteiger partial charge in [-0.25, -0.2) is 16.3 Å². The van der Waals surface area contributed by atoms with Gasteiger partial charge in [-0.3, -0.25) is 4.57 Å². The summed E-state index contributed by atoms with van der Waals surface area (Å²) >= 11 is 2.24. The highest BCUT2D eigenvalue weighted by Gasteiger charge is 2.38. The topological polar surface area (TPSA) is 75.2 Å². The molecule has 1 aromatic heterocycles. The monoisotopic (exact) mass is 445 g/mol. The van der Waals surface area contributed by atoms with Crippen molar-refractivity contribution in [1.29, 1.82) is 0 Å². The minimum Gasteiger partial charge on any atom is -0.304 e. The standard InChI is InChI=1S/C15H16IN3O3S/c16-18-8-2-3-10(9-18)19-12-4-1-5-13(14(12)17-15(19)20)23(21,22)11-6-7-11/h1,3-5,11H,2,6-9H2,(H,17,20). The first-order valence-corrected chi connectivity index (χ1v) is 10.1. The first kappa shape index (κ1) is 15.4. The van der Waals surface area contributed by atoms with Crippen LogP contribution in [0.4, 0.5) is 0 Å². The largest absolute Gasteiger partial charge is 0.330 e. The molecule has 1 fully saturated rings. The number of para-hydroxylation sites is 1. The molecule has 2 heterocycles. The van der Waals surface area contributed by atoms with Crippen LogP contribution in [0.25, 0.3) is 16.7 Å². The maximum absolute atomic E-state index is 12.6. The molecule has 0 radical (unpaired) electrons. The number of imidazole rings is 1. The number of nitrogens with zero attached hydrogens (tertiary/aromatic N) is 2. The van der Waals surface area contributed by atoms with E-state index in [0.29, 0.717) is 30.4 Å². The van der Waals surface area contributed by atoms with Gasteiger partial charge in [-0.05, 0) is 31.4 Å². The highest BCUT2D eigenvalue weighted by Crippen LogP contribution is 2.36. The Hall–Kier alpha value is -1.13. The van der Waals surface area contributed by atoms with E-state index in [4.69, 9.17) is 0 Å². The van der Waals surface area contributed by atoms with Crippen LogP contribution < -0.4 is 5.69 Å². The molecule has 23 heavy (non-hydrogen) atoms. The summed E-state index contributed by atoms with van der Waals surface area (Å²) in [5, 5.41) is -0.293. The maximum atomic E-state index is 12.6. The molecule has 0 amide bonds. The Kier molecular flexibility index (Phi) is 3.65. The Morgan fingerprint density at radius 3 is 2.74 bits per heavy atom. The molecule has 6 nitrogen and oxygen atoms in total. The van der Waals surface area contributed by atoms with Crippen molar-refractivity contribution in [1.82, 2.24) is 12.7 Å². The fourth-order valence-electron chi connectivity index (χ4n) is 3.04. The van der Waals surface area contributed by atoms with Crippen molar-refractivity contribution in [3.05, 3.63) is 34.8 Å². The van der Waals surface area contributed by atoms with Crippen LogP contribution in [0.1, 0.15) is 19.3 Å². The van der Waals surface area contributed by atoms with Crippen molar-refractivity contribution >= 4 is 49.4 Å². The minimum absolute atomic E-state index is 0.246. The number of fused-ring (bicyclic) bond motifs is 1. The Bertz CT molecular complexity index is 970. The number of nitrogens with one attached hydrogen (secondary N) is 1. The van der Waals surface area contributed by atoms with Gasteiger partial charge in [0.2, 0.25) is 0 Å². The second kappa shape index (κ2) is 5.45. The number of benzene rings is 1. The summed E-state index contributed by atoms with van der Waals surface area (Å²) < 4.78 is 28.9. The number of rotatable bonds is 3. The average molecular weight is 445 g/mol. The van der Waals surface area contributed by atoms with Crippen molar-refractivity contribution in [2.24, 2.45) is 0 Å². The van der Waals surface area contributed by atoms with Crippen LogP contribution >= 0.6 is 22.9 Å². The van der Waals surface area contributed by atoms with Crippen molar-refractivity contribution < 1.29 is 8.42 Å². The molecule has 0 saturated heterocycles. The lowest BCUT2D eigenvalue weighted by molar-refractivity contribution is 0.548. The smallest absolute Gasteiger partial charge is 0.304 e. The molecular weight excluding hydrogens is 429 g/mol. The van der Waals surface area contributed by atoms with E-state index in [2.05, 4.69) is 31.0 Å². The van der Waals surface area contributed by atoms with Gasteiger partial charge in [-0.2, -0.15) is 0 Å². The van der Waals surface area contributed by atoms with Crippen LogP contribution in [0.15, 0.2) is 34.0 Å². The number of H-pyrrole nitrogens is 1. The normalized spacial score (nSPS) is 20.0. The van der Waals surface area contributed by atoms with Gasteiger partial charge in [0.25, 0.3) is 0 Å². The number of aromatic nitrogens is 2. The Morgan fingerprint density at radius 2 is 2.04 bits per heavy atom. The number of hydrogen-bond donors (Lipinski definition) is 1. The third-order valence-corrected chi connectivity index (χ3v) is 7.45. The molecule has 0 unspecified atom stereocenters. The first-order valence-electron chi connectivity index (χ1n) is 7.56. The maximum Gasteiger partial charge on any atom is 0.330 e. The lowest BCUT2D eigenvalue weighted by Gasteiger charge is -2.21. The third-order valence-electron chi connectivity index (χ3n) is 4.32. The molecule has 0 spiro atoms. The van der Waals surface area contributed by atoms with E-state index >= 15 is 0 Å². The van der Waals surface area contributed by atoms with E-state index in [1.807, 2.05) is 6.08 Å². The van der Waals surface area contributed by atoms with Gasteiger partial charge >= 0.3 is 5.69 Å². The van der Waals surface area contributed by atoms with Crippen LogP contribution in [0, 0.1) is 0 Å². The van der Waals surface area contributed by atoms with Crippen LogP contribution in [0.2, 0.25) is 0 Å². The molecule has 122 valence electrons. The predicted molar refractivity (Wildman–Crippen MR) is 97.2 cm³/mol. The Balaban J connectivity index is 1.93. The fraction of sp³-hybridized carbons (Fsp3) is 0.400. The van der Waals surface area contributed by atoms with Gasteiger partial charge in [0, 0.05) is 41.7 Å². The number of halogens is 1. The van der Waals surface area contributed by atoms with E-state index in [9.17, 15) is 13.2 Å². The lowest BCUT2D eigenvalue weighted by Crippen LogP contribution is -2.26. The molecule has 4 rings (SSSR count). The number of aromatic amines is 1. The first-order chi connectivity index (χ1) is 11.0. The van der Waals surface area contributed by atoms with Crippen molar-refractivity contribution in [2.75, 3.05) is 13.1 Å². The van der Waals surface area contributed by atoms with Gasteiger partial charge in [0.05, 0.1) is 21.2 Å². The van der Waals surface area contributed by atoms with E-state index in [-0.39, 0.29) is 15.8 Å². The fourth-order valence-corrected chi connectivity index (χ4v) is 5.49. The number of sulfone groups is 1. The summed E-state index contributed by atoms with van der Waals surface area (Å²) in [5.74, 6) is 0. The second-order valence-electron chi connectivity index (χ2n) is 5.99. The van der Waals surface area contributed by atoms with Gasteiger partial charge < -0.3 is 4.98 Å². The minimum atomic E-state index is -3.35. The van der Waals surface area contributed by atoms with E-state index in [1.54, 1.807) is 22.8 Å². The molecule has 1 aliphatic heterocycles. The average Bonchev–Trinajstić information content (AvgIpc) is 3.30. The number of hydrogen-bond acceptors (Lipinski definition) is 4. The summed E-state index contributed by atoms with van der Waals surface area (Å²) in [6.07, 6.45) is 4.33. The highest BCUT2D eigenvalue weighted by molar-refractivity contribution is 14.1. The zero-order valence-electron chi connectivity index (χ0n) is 12.3. The van der Waals surface area contributed by atoms with Crippen molar-refractivity contribution in [3.63, 3.8) is 0 Å². The SMILES string of the molecule is O=c1[nH]c2c(S(=O)(=O)C3CC3)cccc2n1C1=CCCN(I)C1. The van der Waals surface area contributed by atoms with Crippen LogP contribution in [0.3, 0.4) is 0 Å². The molecule has 8 heteroatoms. The highest BCUT2D eigenvalue weighted by atomic mass is 127. The molecule has 2 aliphatic rings. The predicted octanol–water partition coefficient (Wildman–Crippen LogP) is 2.16. The van der Waals surface area contributed by atoms with E-state index < -0.39 is 9.84 Å². The molecule has 1 aliphatic carbocycles. The lowest BCUT2D eigenvalue weighted by atomic mass is 10.2. The summed E-state index contributed by atoms with van der Waals surface area (Å²) in [6.45, 7) is 1.61. The zero-order valence-corrected chi connectivity index (χ0v) is 15.3. The summed E-state index contributed by atoms with van der Waals surface area (Å²) in [6, 6.07) is 5.11. The third kappa shape index (κ3) is 2.56. The quantitative estimate of drug-likeness (QED) is 0.581. The zero-order chi connectivity index (χ0) is 16.2. The molecule has 0 atom stereocenters. The summed E-state index contributed by atoms with van der Waals surface area (Å²) in [5.41, 5.74) is 1.67. The van der Waals surface area contributed by atoms with Crippen molar-refractivity contribution in [3.8, 4) is 0 Å². The molecular formula is C15H16IN3O3S. The summed E-state index contributed by atoms with van der Waals surface area (Å²) in [4.78, 5) is 15.5. The molecule has 1 aromatic carbocycles. The molecule has 1 N–H and O–H groups in total. The van der Waals surface area contributed by atoms with Gasteiger partial charge in [0.15, 0.2) is 9.84 Å². The molecule has 1 saturated carbocycles. The van der Waals surface area contributed by atoms with E-state index in [1.165, 1.54) is 0 Å². The second-order valence-corrected chi connectivity index (χ2v) is 9.55. The van der Waals surface area contributed by atoms with Crippen LogP contribution in [-0.4, -0.2) is 39.4 Å². The summed E-state index contributed by atoms with van der Waals surface area (Å²) in [7, 11) is -3.35. The molecule has 0 bridgehead atoms. The van der Waals surface area contributed by atoms with E-state index in [0.717, 1.165) is 18.7 Å².